The molecule has 1 heterocycles. The summed E-state index contributed by atoms with van der Waals surface area (Å²) >= 11 is 0. The molecular formula is C16H29NO3. The molecule has 0 aliphatic carbocycles. The molecule has 1 unspecified atom stereocenters. The molecule has 1 aliphatic rings. The Morgan fingerprint density at radius 1 is 1.25 bits per heavy atom. The maximum Gasteiger partial charge on any atom is 0.335 e. The largest absolute Gasteiger partial charge is 0.433 e. The molecule has 0 saturated carbocycles. The van der Waals surface area contributed by atoms with Gasteiger partial charge in [0.05, 0.1) is 6.10 Å². The van der Waals surface area contributed by atoms with E-state index in [0.29, 0.717) is 5.57 Å². The van der Waals surface area contributed by atoms with Gasteiger partial charge in [0.1, 0.15) is 0 Å². The smallest absolute Gasteiger partial charge is 0.335 e. The molecule has 0 aromatic heterocycles. The van der Waals surface area contributed by atoms with Gasteiger partial charge in [0.2, 0.25) is 6.29 Å². The molecule has 116 valence electrons. The average molecular weight is 283 g/mol. The third-order valence-electron chi connectivity index (χ3n) is 4.28. The van der Waals surface area contributed by atoms with Gasteiger partial charge in [0.25, 0.3) is 0 Å². The van der Waals surface area contributed by atoms with Gasteiger partial charge < -0.3 is 9.47 Å². The minimum atomic E-state index is -0.542. The molecule has 0 spiro atoms. The molecule has 0 aromatic carbocycles. The quantitative estimate of drug-likeness (QED) is 0.451. The van der Waals surface area contributed by atoms with Crippen molar-refractivity contribution in [3.63, 3.8) is 0 Å². The van der Waals surface area contributed by atoms with Gasteiger partial charge in [-0.1, -0.05) is 6.58 Å². The fourth-order valence-electron chi connectivity index (χ4n) is 2.93. The van der Waals surface area contributed by atoms with Gasteiger partial charge in [-0.3, -0.25) is 4.90 Å². The zero-order valence-corrected chi connectivity index (χ0v) is 13.9. The molecule has 1 fully saturated rings. The average Bonchev–Trinajstić information content (AvgIpc) is 2.24. The van der Waals surface area contributed by atoms with Crippen LogP contribution in [0, 0.1) is 0 Å². The molecule has 0 amide bonds. The number of rotatable bonds is 4. The highest BCUT2D eigenvalue weighted by Crippen LogP contribution is 2.38. The number of esters is 1. The molecule has 0 aromatic rings. The van der Waals surface area contributed by atoms with E-state index >= 15 is 0 Å². The normalized spacial score (nSPS) is 24.1. The summed E-state index contributed by atoms with van der Waals surface area (Å²) < 4.78 is 11.1. The van der Waals surface area contributed by atoms with E-state index in [1.165, 1.54) is 0 Å². The summed E-state index contributed by atoms with van der Waals surface area (Å²) in [7, 11) is 2.15. The van der Waals surface area contributed by atoms with Gasteiger partial charge in [0, 0.05) is 16.7 Å². The Morgan fingerprint density at radius 2 is 1.70 bits per heavy atom. The van der Waals surface area contributed by atoms with E-state index in [1.807, 2.05) is 0 Å². The van der Waals surface area contributed by atoms with Crippen LogP contribution in [0.5, 0.6) is 0 Å². The Labute approximate surface area is 123 Å². The lowest BCUT2D eigenvalue weighted by Gasteiger charge is -2.53. The number of ether oxygens (including phenoxy) is 2. The standard InChI is InChI=1S/C16H29NO3/c1-11(2)14(18)20-12(3)19-13-9-15(4,5)17(8)16(6,7)10-13/h12-13H,1,9-10H2,2-8H3. The zero-order valence-electron chi connectivity index (χ0n) is 13.9. The second kappa shape index (κ2) is 5.86. The summed E-state index contributed by atoms with van der Waals surface area (Å²) in [6.45, 7) is 15.8. The van der Waals surface area contributed by atoms with Crippen molar-refractivity contribution in [2.45, 2.75) is 77.9 Å². The number of carbonyl (C=O) groups is 1. The Hall–Kier alpha value is -0.870. The van der Waals surface area contributed by atoms with E-state index in [4.69, 9.17) is 9.47 Å². The molecular weight excluding hydrogens is 254 g/mol. The van der Waals surface area contributed by atoms with E-state index in [1.54, 1.807) is 13.8 Å². The molecule has 20 heavy (non-hydrogen) atoms. The first-order valence-electron chi connectivity index (χ1n) is 7.21. The first-order valence-corrected chi connectivity index (χ1v) is 7.21. The lowest BCUT2D eigenvalue weighted by Crippen LogP contribution is -2.60. The first kappa shape index (κ1) is 17.2. The van der Waals surface area contributed by atoms with Crippen molar-refractivity contribution in [3.05, 3.63) is 12.2 Å². The van der Waals surface area contributed by atoms with Crippen LogP contribution >= 0.6 is 0 Å². The molecule has 1 rings (SSSR count). The fourth-order valence-corrected chi connectivity index (χ4v) is 2.93. The van der Waals surface area contributed by atoms with E-state index in [0.717, 1.165) is 12.8 Å². The van der Waals surface area contributed by atoms with Gasteiger partial charge >= 0.3 is 5.97 Å². The van der Waals surface area contributed by atoms with Crippen LogP contribution in [-0.4, -0.2) is 41.4 Å². The molecule has 1 atom stereocenters. The molecule has 0 bridgehead atoms. The highest BCUT2D eigenvalue weighted by Gasteiger charge is 2.44. The molecule has 0 N–H and O–H groups in total. The highest BCUT2D eigenvalue weighted by molar-refractivity contribution is 5.86. The van der Waals surface area contributed by atoms with Gasteiger partial charge in [-0.05, 0) is 61.4 Å². The van der Waals surface area contributed by atoms with E-state index in [9.17, 15) is 4.79 Å². The maximum absolute atomic E-state index is 11.5. The van der Waals surface area contributed by atoms with Crippen molar-refractivity contribution in [3.8, 4) is 0 Å². The number of piperidine rings is 1. The second-order valence-corrected chi connectivity index (χ2v) is 7.10. The van der Waals surface area contributed by atoms with Crippen molar-refractivity contribution in [1.29, 1.82) is 0 Å². The predicted molar refractivity (Wildman–Crippen MR) is 80.4 cm³/mol. The van der Waals surface area contributed by atoms with Crippen molar-refractivity contribution in [2.24, 2.45) is 0 Å². The Kier molecular flexibility index (Phi) is 5.03. The van der Waals surface area contributed by atoms with Crippen LogP contribution in [0.25, 0.3) is 0 Å². The van der Waals surface area contributed by atoms with Gasteiger partial charge in [-0.25, -0.2) is 4.79 Å². The Balaban J connectivity index is 2.65. The molecule has 4 heteroatoms. The van der Waals surface area contributed by atoms with Crippen LogP contribution in [0.4, 0.5) is 0 Å². The van der Waals surface area contributed by atoms with Crippen molar-refractivity contribution >= 4 is 5.97 Å². The number of hydrogen-bond acceptors (Lipinski definition) is 4. The minimum absolute atomic E-state index is 0.0600. The van der Waals surface area contributed by atoms with Gasteiger partial charge in [0.15, 0.2) is 0 Å². The fraction of sp³-hybridized carbons (Fsp3) is 0.812. The minimum Gasteiger partial charge on any atom is -0.433 e. The monoisotopic (exact) mass is 283 g/mol. The summed E-state index contributed by atoms with van der Waals surface area (Å²) in [5, 5.41) is 0. The number of carbonyl (C=O) groups excluding carboxylic acids is 1. The Bertz CT molecular complexity index is 369. The van der Waals surface area contributed by atoms with Crippen LogP contribution in [0.15, 0.2) is 12.2 Å². The third kappa shape index (κ3) is 4.06. The molecule has 4 nitrogen and oxygen atoms in total. The highest BCUT2D eigenvalue weighted by atomic mass is 16.7. The molecule has 1 saturated heterocycles. The lowest BCUT2D eigenvalue weighted by molar-refractivity contribution is -0.196. The SMILES string of the molecule is C=C(C)C(=O)OC(C)OC1CC(C)(C)N(C)C(C)(C)C1. The van der Waals surface area contributed by atoms with Crippen LogP contribution in [0.1, 0.15) is 54.4 Å². The number of likely N-dealkylation sites (tertiary alicyclic amines) is 1. The summed E-state index contributed by atoms with van der Waals surface area (Å²) in [5.74, 6) is -0.399. The first-order chi connectivity index (χ1) is 8.95. The van der Waals surface area contributed by atoms with Crippen LogP contribution in [0.3, 0.4) is 0 Å². The molecule has 1 aliphatic heterocycles. The van der Waals surface area contributed by atoms with Gasteiger partial charge in [-0.2, -0.15) is 0 Å². The number of nitrogens with zero attached hydrogens (tertiary/aromatic N) is 1. The lowest BCUT2D eigenvalue weighted by atomic mass is 9.79. The zero-order chi connectivity index (χ0) is 15.7. The topological polar surface area (TPSA) is 38.8 Å². The van der Waals surface area contributed by atoms with Crippen molar-refractivity contribution < 1.29 is 14.3 Å². The third-order valence-corrected chi connectivity index (χ3v) is 4.28. The summed E-state index contributed by atoms with van der Waals surface area (Å²) in [4.78, 5) is 13.9. The van der Waals surface area contributed by atoms with E-state index < -0.39 is 12.3 Å². The van der Waals surface area contributed by atoms with Crippen LogP contribution in [-0.2, 0) is 14.3 Å². The van der Waals surface area contributed by atoms with Crippen molar-refractivity contribution in [1.82, 2.24) is 4.90 Å². The summed E-state index contributed by atoms with van der Waals surface area (Å²) in [6.07, 6.45) is 1.38. The van der Waals surface area contributed by atoms with Crippen LogP contribution < -0.4 is 0 Å². The predicted octanol–water partition coefficient (Wildman–Crippen LogP) is 3.12. The number of hydrogen-bond donors (Lipinski definition) is 0. The Morgan fingerprint density at radius 3 is 2.10 bits per heavy atom. The van der Waals surface area contributed by atoms with E-state index in [2.05, 4.69) is 46.2 Å². The summed E-state index contributed by atoms with van der Waals surface area (Å²) in [5.41, 5.74) is 0.513. The van der Waals surface area contributed by atoms with Crippen molar-refractivity contribution in [2.75, 3.05) is 7.05 Å². The maximum atomic E-state index is 11.5. The van der Waals surface area contributed by atoms with Gasteiger partial charge in [-0.15, -0.1) is 0 Å². The van der Waals surface area contributed by atoms with Crippen LogP contribution in [0.2, 0.25) is 0 Å². The molecule has 0 radical (unpaired) electrons. The second-order valence-electron chi connectivity index (χ2n) is 7.10. The van der Waals surface area contributed by atoms with E-state index in [-0.39, 0.29) is 17.2 Å². The summed E-state index contributed by atoms with van der Waals surface area (Å²) in [6, 6.07) is 0.